The van der Waals surface area contributed by atoms with Crippen molar-refractivity contribution in [3.63, 3.8) is 0 Å². The van der Waals surface area contributed by atoms with Gasteiger partial charge in [-0.15, -0.1) is 0 Å². The van der Waals surface area contributed by atoms with Crippen molar-refractivity contribution in [1.82, 2.24) is 20.1 Å². The van der Waals surface area contributed by atoms with Gasteiger partial charge < -0.3 is 9.64 Å². The highest BCUT2D eigenvalue weighted by molar-refractivity contribution is 5.95. The molecular formula is C22H24N4O2. The predicted octanol–water partition coefficient (Wildman–Crippen LogP) is 3.69. The van der Waals surface area contributed by atoms with E-state index >= 15 is 0 Å². The summed E-state index contributed by atoms with van der Waals surface area (Å²) >= 11 is 0. The van der Waals surface area contributed by atoms with Crippen LogP contribution in [0.1, 0.15) is 51.9 Å². The quantitative estimate of drug-likeness (QED) is 0.737. The Morgan fingerprint density at radius 2 is 2.11 bits per heavy atom. The summed E-state index contributed by atoms with van der Waals surface area (Å²) in [5.41, 5.74) is 4.45. The highest BCUT2D eigenvalue weighted by Gasteiger charge is 2.32. The molecular weight excluding hydrogens is 352 g/mol. The summed E-state index contributed by atoms with van der Waals surface area (Å²) in [5, 5.41) is 6.84. The molecule has 1 atom stereocenters. The number of carbonyl (C=O) groups is 1. The lowest BCUT2D eigenvalue weighted by Crippen LogP contribution is -2.31. The smallest absolute Gasteiger partial charge is 0.257 e. The second-order valence-corrected chi connectivity index (χ2v) is 7.11. The molecule has 0 aliphatic carbocycles. The summed E-state index contributed by atoms with van der Waals surface area (Å²) in [7, 11) is 1.68. The lowest BCUT2D eigenvalue weighted by molar-refractivity contribution is 0.0732. The topological polar surface area (TPSA) is 71.1 Å². The minimum Gasteiger partial charge on any atom is -0.496 e. The third kappa shape index (κ3) is 3.50. The third-order valence-corrected chi connectivity index (χ3v) is 5.31. The number of rotatable bonds is 5. The molecule has 0 radical (unpaired) electrons. The van der Waals surface area contributed by atoms with Gasteiger partial charge in [0.05, 0.1) is 30.6 Å². The summed E-state index contributed by atoms with van der Waals surface area (Å²) in [6.45, 7) is 2.62. The van der Waals surface area contributed by atoms with Gasteiger partial charge >= 0.3 is 0 Å². The summed E-state index contributed by atoms with van der Waals surface area (Å²) < 4.78 is 5.46. The average molecular weight is 376 g/mol. The number of hydrogen-bond acceptors (Lipinski definition) is 4. The molecule has 0 saturated carbocycles. The van der Waals surface area contributed by atoms with Crippen molar-refractivity contribution in [2.24, 2.45) is 0 Å². The number of nitrogens with zero attached hydrogens (tertiary/aromatic N) is 3. The van der Waals surface area contributed by atoms with E-state index in [1.807, 2.05) is 48.2 Å². The van der Waals surface area contributed by atoms with E-state index < -0.39 is 0 Å². The molecule has 6 heteroatoms. The van der Waals surface area contributed by atoms with Crippen LogP contribution >= 0.6 is 0 Å². The van der Waals surface area contributed by atoms with E-state index in [1.165, 1.54) is 0 Å². The molecule has 1 aliphatic rings. The summed E-state index contributed by atoms with van der Waals surface area (Å²) in [6.07, 6.45) is 4.21. The van der Waals surface area contributed by atoms with Gasteiger partial charge in [0.2, 0.25) is 0 Å². The molecule has 144 valence electrons. The van der Waals surface area contributed by atoms with Gasteiger partial charge in [-0.05, 0) is 38.0 Å². The number of aryl methyl sites for hydroxylation is 1. The molecule has 4 rings (SSSR count). The number of hydrogen-bond donors (Lipinski definition) is 1. The first-order valence-electron chi connectivity index (χ1n) is 9.56. The number of pyridine rings is 1. The summed E-state index contributed by atoms with van der Waals surface area (Å²) in [4.78, 5) is 19.8. The lowest BCUT2D eigenvalue weighted by atomic mass is 10.1. The van der Waals surface area contributed by atoms with Crippen molar-refractivity contribution >= 4 is 5.91 Å². The van der Waals surface area contributed by atoms with Gasteiger partial charge in [0.25, 0.3) is 5.91 Å². The number of carbonyl (C=O) groups excluding carboxylic acids is 1. The van der Waals surface area contributed by atoms with Crippen molar-refractivity contribution < 1.29 is 9.53 Å². The molecule has 1 amide bonds. The molecule has 3 aromatic rings. The van der Waals surface area contributed by atoms with Crippen molar-refractivity contribution in [3.8, 4) is 5.75 Å². The number of H-pyrrole nitrogens is 1. The Balaban J connectivity index is 1.58. The number of nitrogens with one attached hydrogen (secondary N) is 1. The lowest BCUT2D eigenvalue weighted by Gasteiger charge is -2.24. The Bertz CT molecular complexity index is 982. The van der Waals surface area contributed by atoms with Crippen LogP contribution in [0, 0.1) is 6.92 Å². The Morgan fingerprint density at radius 1 is 1.25 bits per heavy atom. The zero-order valence-corrected chi connectivity index (χ0v) is 16.2. The summed E-state index contributed by atoms with van der Waals surface area (Å²) in [6, 6.07) is 14.1. The van der Waals surface area contributed by atoms with Gasteiger partial charge in [-0.25, -0.2) is 0 Å². The number of aromatic amines is 1. The molecule has 0 spiro atoms. The van der Waals surface area contributed by atoms with Crippen LogP contribution in [0.5, 0.6) is 5.75 Å². The zero-order chi connectivity index (χ0) is 19.5. The Labute approximate surface area is 164 Å². The van der Waals surface area contributed by atoms with E-state index in [0.29, 0.717) is 12.0 Å². The molecule has 1 saturated heterocycles. The minimum absolute atomic E-state index is 0.000538. The molecule has 0 bridgehead atoms. The van der Waals surface area contributed by atoms with E-state index in [9.17, 15) is 4.79 Å². The maximum absolute atomic E-state index is 13.0. The van der Waals surface area contributed by atoms with Crippen LogP contribution in [-0.4, -0.2) is 39.6 Å². The van der Waals surface area contributed by atoms with Gasteiger partial charge in [-0.3, -0.25) is 14.9 Å². The van der Waals surface area contributed by atoms with Crippen molar-refractivity contribution in [1.29, 1.82) is 0 Å². The largest absolute Gasteiger partial charge is 0.496 e. The van der Waals surface area contributed by atoms with Crippen LogP contribution in [0.2, 0.25) is 0 Å². The SMILES string of the molecule is COc1ccccc1Cc1cccc(C2CCCN2C(=O)c2cn[nH]c2C)n1. The normalized spacial score (nSPS) is 16.4. The molecule has 1 aliphatic heterocycles. The van der Waals surface area contributed by atoms with Gasteiger partial charge in [-0.2, -0.15) is 5.10 Å². The second-order valence-electron chi connectivity index (χ2n) is 7.11. The number of benzene rings is 1. The molecule has 28 heavy (non-hydrogen) atoms. The van der Waals surface area contributed by atoms with Gasteiger partial charge in [0.15, 0.2) is 0 Å². The number of ether oxygens (including phenoxy) is 1. The van der Waals surface area contributed by atoms with Crippen molar-refractivity contribution in [3.05, 3.63) is 76.9 Å². The van der Waals surface area contributed by atoms with Crippen LogP contribution in [0.25, 0.3) is 0 Å². The average Bonchev–Trinajstić information content (AvgIpc) is 3.37. The number of amides is 1. The first-order chi connectivity index (χ1) is 13.7. The predicted molar refractivity (Wildman–Crippen MR) is 106 cm³/mol. The van der Waals surface area contributed by atoms with Crippen LogP contribution in [0.15, 0.2) is 48.7 Å². The van der Waals surface area contributed by atoms with Crippen LogP contribution in [0.4, 0.5) is 0 Å². The van der Waals surface area contributed by atoms with Crippen molar-refractivity contribution in [2.75, 3.05) is 13.7 Å². The van der Waals surface area contributed by atoms with Gasteiger partial charge in [0, 0.05) is 29.9 Å². The zero-order valence-electron chi connectivity index (χ0n) is 16.2. The molecule has 2 aromatic heterocycles. The number of aromatic nitrogens is 3. The van der Waals surface area contributed by atoms with Gasteiger partial charge in [0.1, 0.15) is 5.75 Å². The molecule has 1 unspecified atom stereocenters. The standard InChI is InChI=1S/C22H24N4O2/c1-15-18(14-23-25-15)22(27)26-12-6-10-20(26)19-9-5-8-17(24-19)13-16-7-3-4-11-21(16)28-2/h3-5,7-9,11,14,20H,6,10,12-13H2,1-2H3,(H,23,25). The molecule has 6 nitrogen and oxygen atoms in total. The third-order valence-electron chi connectivity index (χ3n) is 5.31. The van der Waals surface area contributed by atoms with Crippen LogP contribution in [0.3, 0.4) is 0 Å². The summed E-state index contributed by atoms with van der Waals surface area (Å²) in [5.74, 6) is 0.883. The fraction of sp³-hybridized carbons (Fsp3) is 0.318. The fourth-order valence-corrected chi connectivity index (χ4v) is 3.86. The maximum Gasteiger partial charge on any atom is 0.257 e. The molecule has 1 N–H and O–H groups in total. The van der Waals surface area contributed by atoms with E-state index in [1.54, 1.807) is 13.3 Å². The van der Waals surface area contributed by atoms with E-state index in [-0.39, 0.29) is 11.9 Å². The van der Waals surface area contributed by atoms with E-state index in [4.69, 9.17) is 9.72 Å². The molecule has 1 fully saturated rings. The van der Waals surface area contributed by atoms with E-state index in [2.05, 4.69) is 16.3 Å². The first-order valence-corrected chi connectivity index (χ1v) is 9.56. The highest BCUT2D eigenvalue weighted by Crippen LogP contribution is 2.33. The number of methoxy groups -OCH3 is 1. The van der Waals surface area contributed by atoms with Gasteiger partial charge in [-0.1, -0.05) is 24.3 Å². The number of para-hydroxylation sites is 1. The van der Waals surface area contributed by atoms with Crippen LogP contribution < -0.4 is 4.74 Å². The fourth-order valence-electron chi connectivity index (χ4n) is 3.86. The Hall–Kier alpha value is -3.15. The highest BCUT2D eigenvalue weighted by atomic mass is 16.5. The molecule has 3 heterocycles. The van der Waals surface area contributed by atoms with E-state index in [0.717, 1.165) is 47.8 Å². The minimum atomic E-state index is -0.000538. The monoisotopic (exact) mass is 376 g/mol. The first kappa shape index (κ1) is 18.2. The number of likely N-dealkylation sites (tertiary alicyclic amines) is 1. The van der Waals surface area contributed by atoms with Crippen LogP contribution in [-0.2, 0) is 6.42 Å². The molecule has 1 aromatic carbocycles. The second kappa shape index (κ2) is 7.84. The Morgan fingerprint density at radius 3 is 2.89 bits per heavy atom. The van der Waals surface area contributed by atoms with Crippen molar-refractivity contribution in [2.45, 2.75) is 32.2 Å². The maximum atomic E-state index is 13.0. The Kier molecular flexibility index (Phi) is 5.10.